The summed E-state index contributed by atoms with van der Waals surface area (Å²) in [6.45, 7) is 4.75. The Balaban J connectivity index is 1.51. The van der Waals surface area contributed by atoms with Gasteiger partial charge in [-0.25, -0.2) is 4.98 Å². The van der Waals surface area contributed by atoms with Crippen LogP contribution in [0.3, 0.4) is 0 Å². The van der Waals surface area contributed by atoms with Gasteiger partial charge in [-0.05, 0) is 61.4 Å². The molecule has 3 rings (SSSR count). The highest BCUT2D eigenvalue weighted by molar-refractivity contribution is 5.89. The Morgan fingerprint density at radius 1 is 1.07 bits per heavy atom. The van der Waals surface area contributed by atoms with E-state index in [1.165, 1.54) is 6.20 Å². The van der Waals surface area contributed by atoms with Crippen LogP contribution in [0.1, 0.15) is 21.8 Å². The predicted molar refractivity (Wildman–Crippen MR) is 102 cm³/mol. The van der Waals surface area contributed by atoms with Crippen molar-refractivity contribution in [3.05, 3.63) is 65.7 Å². The van der Waals surface area contributed by atoms with Crippen LogP contribution in [0, 0.1) is 13.8 Å². The molecule has 0 spiro atoms. The average molecular weight is 366 g/mol. The Morgan fingerprint density at radius 2 is 1.78 bits per heavy atom. The largest absolute Gasteiger partial charge is 0.497 e. The maximum Gasteiger partial charge on any atom is 0.307 e. The zero-order valence-corrected chi connectivity index (χ0v) is 15.6. The predicted octanol–water partition coefficient (Wildman–Crippen LogP) is 3.78. The molecule has 3 aromatic rings. The minimum Gasteiger partial charge on any atom is -0.497 e. The van der Waals surface area contributed by atoms with Crippen LogP contribution in [0.5, 0.6) is 11.5 Å². The number of nitrogens with one attached hydrogen (secondary N) is 1. The molecule has 0 radical (unpaired) electrons. The summed E-state index contributed by atoms with van der Waals surface area (Å²) in [5, 5.41) is 2.74. The van der Waals surface area contributed by atoms with Crippen molar-refractivity contribution < 1.29 is 18.7 Å². The van der Waals surface area contributed by atoms with Crippen molar-refractivity contribution in [2.75, 3.05) is 20.3 Å². The number of ether oxygens (including phenoxy) is 2. The lowest BCUT2D eigenvalue weighted by molar-refractivity contribution is 0.0913. The maximum absolute atomic E-state index is 12.2. The summed E-state index contributed by atoms with van der Waals surface area (Å²) in [5.41, 5.74) is 3.10. The standard InChI is InChI=1S/C21H22N2O4/c1-14-10-15(2)12-18(11-14)26-9-8-22-20(24)21-23-13-19(27-21)16-4-6-17(25-3)7-5-16/h4-7,10-13H,8-9H2,1-3H3,(H,22,24). The van der Waals surface area contributed by atoms with Gasteiger partial charge in [-0.1, -0.05) is 6.07 Å². The molecule has 0 saturated heterocycles. The number of aryl methyl sites for hydroxylation is 2. The molecule has 0 fully saturated rings. The summed E-state index contributed by atoms with van der Waals surface area (Å²) in [7, 11) is 1.61. The van der Waals surface area contributed by atoms with Crippen molar-refractivity contribution in [2.24, 2.45) is 0 Å². The number of hydrogen-bond acceptors (Lipinski definition) is 5. The van der Waals surface area contributed by atoms with E-state index >= 15 is 0 Å². The van der Waals surface area contributed by atoms with E-state index in [0.29, 0.717) is 18.9 Å². The second kappa shape index (κ2) is 8.40. The molecule has 1 aromatic heterocycles. The Kier molecular flexibility index (Phi) is 5.76. The van der Waals surface area contributed by atoms with Crippen LogP contribution in [0.4, 0.5) is 0 Å². The van der Waals surface area contributed by atoms with Gasteiger partial charge < -0.3 is 19.2 Å². The van der Waals surface area contributed by atoms with Gasteiger partial charge in [-0.3, -0.25) is 4.79 Å². The first-order valence-corrected chi connectivity index (χ1v) is 8.64. The molecule has 0 aliphatic carbocycles. The van der Waals surface area contributed by atoms with Crippen LogP contribution in [0.15, 0.2) is 53.1 Å². The zero-order chi connectivity index (χ0) is 19.2. The number of benzene rings is 2. The number of hydrogen-bond donors (Lipinski definition) is 1. The minimum absolute atomic E-state index is 0.0206. The molecule has 0 unspecified atom stereocenters. The SMILES string of the molecule is COc1ccc(-c2cnc(C(=O)NCCOc3cc(C)cc(C)c3)o2)cc1. The molecule has 140 valence electrons. The van der Waals surface area contributed by atoms with Crippen molar-refractivity contribution in [3.63, 3.8) is 0 Å². The summed E-state index contributed by atoms with van der Waals surface area (Å²) in [4.78, 5) is 16.2. The van der Waals surface area contributed by atoms with Gasteiger partial charge >= 0.3 is 5.91 Å². The molecule has 0 saturated carbocycles. The van der Waals surface area contributed by atoms with E-state index in [1.807, 2.05) is 50.2 Å². The third-order valence-corrected chi connectivity index (χ3v) is 3.93. The summed E-state index contributed by atoms with van der Waals surface area (Å²) < 4.78 is 16.3. The highest BCUT2D eigenvalue weighted by Gasteiger charge is 2.14. The molecule has 0 aliphatic heterocycles. The number of oxazole rings is 1. The van der Waals surface area contributed by atoms with Crippen molar-refractivity contribution >= 4 is 5.91 Å². The molecule has 1 heterocycles. The topological polar surface area (TPSA) is 73.6 Å². The monoisotopic (exact) mass is 366 g/mol. The first-order valence-electron chi connectivity index (χ1n) is 8.64. The van der Waals surface area contributed by atoms with E-state index in [0.717, 1.165) is 28.2 Å². The molecule has 0 bridgehead atoms. The fraction of sp³-hybridized carbons (Fsp3) is 0.238. The van der Waals surface area contributed by atoms with Crippen LogP contribution in [0.2, 0.25) is 0 Å². The van der Waals surface area contributed by atoms with Crippen molar-refractivity contribution in [1.82, 2.24) is 10.3 Å². The van der Waals surface area contributed by atoms with Gasteiger partial charge in [0, 0.05) is 5.56 Å². The normalized spacial score (nSPS) is 10.5. The Morgan fingerprint density at radius 3 is 2.44 bits per heavy atom. The Bertz CT molecular complexity index is 896. The number of rotatable bonds is 7. The molecular weight excluding hydrogens is 344 g/mol. The highest BCUT2D eigenvalue weighted by atomic mass is 16.5. The molecule has 1 N–H and O–H groups in total. The van der Waals surface area contributed by atoms with E-state index in [1.54, 1.807) is 7.11 Å². The lowest BCUT2D eigenvalue weighted by Crippen LogP contribution is -2.28. The highest BCUT2D eigenvalue weighted by Crippen LogP contribution is 2.23. The van der Waals surface area contributed by atoms with E-state index in [2.05, 4.69) is 16.4 Å². The lowest BCUT2D eigenvalue weighted by atomic mass is 10.1. The third-order valence-electron chi connectivity index (χ3n) is 3.93. The third kappa shape index (κ3) is 4.88. The van der Waals surface area contributed by atoms with Crippen molar-refractivity contribution in [1.29, 1.82) is 0 Å². The molecule has 6 nitrogen and oxygen atoms in total. The molecule has 0 aliphatic rings. The smallest absolute Gasteiger partial charge is 0.307 e. The number of amides is 1. The van der Waals surface area contributed by atoms with Gasteiger partial charge in [0.05, 0.1) is 19.9 Å². The molecular formula is C21H22N2O4. The fourth-order valence-corrected chi connectivity index (χ4v) is 2.69. The lowest BCUT2D eigenvalue weighted by Gasteiger charge is -2.08. The van der Waals surface area contributed by atoms with Crippen LogP contribution in [-0.2, 0) is 0 Å². The molecule has 1 amide bonds. The van der Waals surface area contributed by atoms with E-state index in [-0.39, 0.29) is 11.8 Å². The van der Waals surface area contributed by atoms with E-state index < -0.39 is 0 Å². The summed E-state index contributed by atoms with van der Waals surface area (Å²) in [5.74, 6) is 1.71. The van der Waals surface area contributed by atoms with Gasteiger partial charge in [0.15, 0.2) is 5.76 Å². The minimum atomic E-state index is -0.376. The quantitative estimate of drug-likeness (QED) is 0.644. The maximum atomic E-state index is 12.2. The van der Waals surface area contributed by atoms with Gasteiger partial charge in [0.25, 0.3) is 5.89 Å². The first kappa shape index (κ1) is 18.5. The van der Waals surface area contributed by atoms with Crippen LogP contribution in [0.25, 0.3) is 11.3 Å². The second-order valence-corrected chi connectivity index (χ2v) is 6.19. The fourth-order valence-electron chi connectivity index (χ4n) is 2.69. The zero-order valence-electron chi connectivity index (χ0n) is 15.6. The van der Waals surface area contributed by atoms with Gasteiger partial charge in [-0.15, -0.1) is 0 Å². The first-order chi connectivity index (χ1) is 13.0. The number of nitrogens with zero attached hydrogens (tertiary/aromatic N) is 1. The summed E-state index contributed by atoms with van der Waals surface area (Å²) in [6.07, 6.45) is 1.53. The summed E-state index contributed by atoms with van der Waals surface area (Å²) in [6, 6.07) is 13.3. The molecule has 2 aromatic carbocycles. The number of carbonyl (C=O) groups excluding carboxylic acids is 1. The Hall–Kier alpha value is -3.28. The van der Waals surface area contributed by atoms with E-state index in [9.17, 15) is 4.79 Å². The average Bonchev–Trinajstić information content (AvgIpc) is 3.15. The van der Waals surface area contributed by atoms with Crippen LogP contribution >= 0.6 is 0 Å². The van der Waals surface area contributed by atoms with Crippen LogP contribution < -0.4 is 14.8 Å². The van der Waals surface area contributed by atoms with Gasteiger partial charge in [0.1, 0.15) is 18.1 Å². The van der Waals surface area contributed by atoms with Crippen molar-refractivity contribution in [3.8, 4) is 22.8 Å². The van der Waals surface area contributed by atoms with E-state index in [4.69, 9.17) is 13.9 Å². The van der Waals surface area contributed by atoms with Gasteiger partial charge in [-0.2, -0.15) is 0 Å². The number of aromatic nitrogens is 1. The number of carbonyl (C=O) groups is 1. The summed E-state index contributed by atoms with van der Waals surface area (Å²) >= 11 is 0. The molecule has 0 atom stereocenters. The van der Waals surface area contributed by atoms with Crippen LogP contribution in [-0.4, -0.2) is 31.2 Å². The van der Waals surface area contributed by atoms with Crippen molar-refractivity contribution in [2.45, 2.75) is 13.8 Å². The van der Waals surface area contributed by atoms with Gasteiger partial charge in [0.2, 0.25) is 0 Å². The number of methoxy groups -OCH3 is 1. The molecule has 6 heteroatoms. The Labute approximate surface area is 158 Å². The second-order valence-electron chi connectivity index (χ2n) is 6.19. The molecule has 27 heavy (non-hydrogen) atoms.